The van der Waals surface area contributed by atoms with Crippen molar-refractivity contribution in [2.45, 2.75) is 37.3 Å². The first kappa shape index (κ1) is 12.2. The summed E-state index contributed by atoms with van der Waals surface area (Å²) in [4.78, 5) is 11.1. The minimum Gasteiger partial charge on any atom is -0.354 e. The number of nitrogens with one attached hydrogen (secondary N) is 2. The average molecular weight is 309 g/mol. The molecule has 1 aliphatic carbocycles. The van der Waals surface area contributed by atoms with E-state index in [2.05, 4.69) is 50.8 Å². The van der Waals surface area contributed by atoms with Crippen LogP contribution in [-0.4, -0.2) is 24.5 Å². The van der Waals surface area contributed by atoms with E-state index in [0.29, 0.717) is 24.4 Å². The van der Waals surface area contributed by atoms with Crippen molar-refractivity contribution in [3.8, 4) is 0 Å². The molecule has 1 unspecified atom stereocenters. The number of rotatable bonds is 3. The molecule has 3 nitrogen and oxygen atoms in total. The van der Waals surface area contributed by atoms with Gasteiger partial charge in [0.15, 0.2) is 0 Å². The van der Waals surface area contributed by atoms with E-state index in [-0.39, 0.29) is 5.91 Å². The van der Waals surface area contributed by atoms with Crippen LogP contribution in [0.1, 0.15) is 30.7 Å². The summed E-state index contributed by atoms with van der Waals surface area (Å²) in [6, 6.07) is 9.36. The number of carbonyl (C=O) groups excluding carboxylic acids is 1. The van der Waals surface area contributed by atoms with Gasteiger partial charge in [-0.25, -0.2) is 0 Å². The Labute approximate surface area is 115 Å². The number of halogens is 1. The molecule has 1 atom stereocenters. The first-order valence-corrected chi connectivity index (χ1v) is 7.29. The predicted molar refractivity (Wildman–Crippen MR) is 74.5 cm³/mol. The van der Waals surface area contributed by atoms with Crippen molar-refractivity contribution in [1.82, 2.24) is 10.6 Å². The lowest BCUT2D eigenvalue weighted by atomic mass is 9.75. The van der Waals surface area contributed by atoms with Crippen LogP contribution in [-0.2, 0) is 4.79 Å². The van der Waals surface area contributed by atoms with Crippen LogP contribution in [0.5, 0.6) is 0 Å². The zero-order chi connectivity index (χ0) is 12.5. The van der Waals surface area contributed by atoms with Gasteiger partial charge < -0.3 is 10.6 Å². The maximum Gasteiger partial charge on any atom is 0.221 e. The van der Waals surface area contributed by atoms with Crippen LogP contribution >= 0.6 is 15.9 Å². The van der Waals surface area contributed by atoms with Crippen LogP contribution in [0, 0.1) is 0 Å². The Bertz CT molecular complexity index is 457. The molecule has 96 valence electrons. The maximum absolute atomic E-state index is 11.1. The SMILES string of the molecule is O=C1CC(NC2CC(c3ccccc3Br)C2)CN1. The Morgan fingerprint density at radius 1 is 1.22 bits per heavy atom. The number of amides is 1. The molecule has 1 heterocycles. The van der Waals surface area contributed by atoms with Gasteiger partial charge in [0.25, 0.3) is 0 Å². The Morgan fingerprint density at radius 3 is 2.67 bits per heavy atom. The summed E-state index contributed by atoms with van der Waals surface area (Å²) in [7, 11) is 0. The van der Waals surface area contributed by atoms with Crippen LogP contribution < -0.4 is 10.6 Å². The lowest BCUT2D eigenvalue weighted by Crippen LogP contribution is -2.46. The summed E-state index contributed by atoms with van der Waals surface area (Å²) in [6.45, 7) is 0.787. The first-order valence-electron chi connectivity index (χ1n) is 6.49. The van der Waals surface area contributed by atoms with E-state index in [1.807, 2.05) is 0 Å². The van der Waals surface area contributed by atoms with Gasteiger partial charge in [-0.3, -0.25) is 4.79 Å². The molecule has 2 N–H and O–H groups in total. The molecule has 2 fully saturated rings. The second-order valence-electron chi connectivity index (χ2n) is 5.26. The van der Waals surface area contributed by atoms with Gasteiger partial charge in [-0.05, 0) is 30.4 Å². The molecular weight excluding hydrogens is 292 g/mol. The molecule has 1 aliphatic heterocycles. The molecule has 0 bridgehead atoms. The monoisotopic (exact) mass is 308 g/mol. The molecular formula is C14H17BrN2O. The van der Waals surface area contributed by atoms with Gasteiger partial charge in [0.05, 0.1) is 0 Å². The maximum atomic E-state index is 11.1. The number of hydrogen-bond acceptors (Lipinski definition) is 2. The fraction of sp³-hybridized carbons (Fsp3) is 0.500. The van der Waals surface area contributed by atoms with E-state index in [0.717, 1.165) is 6.54 Å². The van der Waals surface area contributed by atoms with Gasteiger partial charge >= 0.3 is 0 Å². The second kappa shape index (κ2) is 5.02. The summed E-state index contributed by atoms with van der Waals surface area (Å²) in [6.07, 6.45) is 2.98. The van der Waals surface area contributed by atoms with E-state index < -0.39 is 0 Å². The van der Waals surface area contributed by atoms with E-state index in [9.17, 15) is 4.79 Å². The third-order valence-electron chi connectivity index (χ3n) is 3.93. The fourth-order valence-corrected chi connectivity index (χ4v) is 3.48. The summed E-state index contributed by atoms with van der Waals surface area (Å²) in [5, 5.41) is 6.43. The first-order chi connectivity index (χ1) is 8.72. The highest BCUT2D eigenvalue weighted by atomic mass is 79.9. The normalized spacial score (nSPS) is 30.9. The smallest absolute Gasteiger partial charge is 0.221 e. The predicted octanol–water partition coefficient (Wildman–Crippen LogP) is 2.17. The highest BCUT2D eigenvalue weighted by Gasteiger charge is 2.34. The molecule has 1 aromatic carbocycles. The molecule has 1 saturated carbocycles. The van der Waals surface area contributed by atoms with Gasteiger partial charge in [-0.2, -0.15) is 0 Å². The van der Waals surface area contributed by atoms with Crippen LogP contribution in [0.15, 0.2) is 28.7 Å². The standard InChI is InChI=1S/C14H17BrN2O/c15-13-4-2-1-3-12(13)9-5-10(6-9)17-11-7-14(18)16-8-11/h1-4,9-11,17H,5-8H2,(H,16,18). The third kappa shape index (κ3) is 2.45. The van der Waals surface area contributed by atoms with Crippen molar-refractivity contribution in [2.75, 3.05) is 6.54 Å². The topological polar surface area (TPSA) is 41.1 Å². The molecule has 3 rings (SSSR count). The van der Waals surface area contributed by atoms with Crippen LogP contribution in [0.2, 0.25) is 0 Å². The van der Waals surface area contributed by atoms with Gasteiger partial charge in [0.2, 0.25) is 5.91 Å². The van der Waals surface area contributed by atoms with E-state index in [1.54, 1.807) is 0 Å². The van der Waals surface area contributed by atoms with Gasteiger partial charge in [0, 0.05) is 29.5 Å². The minimum atomic E-state index is 0.175. The summed E-state index contributed by atoms with van der Waals surface area (Å²) in [5.74, 6) is 0.831. The van der Waals surface area contributed by atoms with Crippen molar-refractivity contribution in [1.29, 1.82) is 0 Å². The molecule has 0 aromatic heterocycles. The quantitative estimate of drug-likeness (QED) is 0.898. The summed E-state index contributed by atoms with van der Waals surface area (Å²) < 4.78 is 1.21. The van der Waals surface area contributed by atoms with Gasteiger partial charge in [0.1, 0.15) is 0 Å². The molecule has 1 saturated heterocycles. The lowest BCUT2D eigenvalue weighted by molar-refractivity contribution is -0.119. The molecule has 2 aliphatic rings. The highest BCUT2D eigenvalue weighted by Crippen LogP contribution is 2.40. The molecule has 0 spiro atoms. The van der Waals surface area contributed by atoms with Crippen LogP contribution in [0.3, 0.4) is 0 Å². The molecule has 1 aromatic rings. The van der Waals surface area contributed by atoms with Crippen LogP contribution in [0.4, 0.5) is 0 Å². The fourth-order valence-electron chi connectivity index (χ4n) is 2.87. The van der Waals surface area contributed by atoms with Crippen molar-refractivity contribution in [2.24, 2.45) is 0 Å². The van der Waals surface area contributed by atoms with E-state index in [1.165, 1.54) is 22.9 Å². The number of carbonyl (C=O) groups is 1. The highest BCUT2D eigenvalue weighted by molar-refractivity contribution is 9.10. The Kier molecular flexibility index (Phi) is 3.39. The Hall–Kier alpha value is -0.870. The summed E-state index contributed by atoms with van der Waals surface area (Å²) >= 11 is 3.61. The number of benzene rings is 1. The largest absolute Gasteiger partial charge is 0.354 e. The lowest BCUT2D eigenvalue weighted by Gasteiger charge is -2.38. The minimum absolute atomic E-state index is 0.175. The zero-order valence-electron chi connectivity index (χ0n) is 10.2. The van der Waals surface area contributed by atoms with Crippen molar-refractivity contribution in [3.05, 3.63) is 34.3 Å². The van der Waals surface area contributed by atoms with E-state index >= 15 is 0 Å². The van der Waals surface area contributed by atoms with Crippen molar-refractivity contribution < 1.29 is 4.79 Å². The Balaban J connectivity index is 1.51. The molecule has 0 radical (unpaired) electrons. The third-order valence-corrected chi connectivity index (χ3v) is 4.65. The molecule has 4 heteroatoms. The van der Waals surface area contributed by atoms with Crippen molar-refractivity contribution >= 4 is 21.8 Å². The molecule has 18 heavy (non-hydrogen) atoms. The van der Waals surface area contributed by atoms with E-state index in [4.69, 9.17) is 0 Å². The summed E-state index contributed by atoms with van der Waals surface area (Å²) in [5.41, 5.74) is 1.41. The van der Waals surface area contributed by atoms with Crippen LogP contribution in [0.25, 0.3) is 0 Å². The second-order valence-corrected chi connectivity index (χ2v) is 6.11. The zero-order valence-corrected chi connectivity index (χ0v) is 11.7. The molecule has 1 amide bonds. The van der Waals surface area contributed by atoms with Gasteiger partial charge in [-0.1, -0.05) is 34.1 Å². The van der Waals surface area contributed by atoms with Crippen molar-refractivity contribution in [3.63, 3.8) is 0 Å². The van der Waals surface area contributed by atoms with Gasteiger partial charge in [-0.15, -0.1) is 0 Å². The average Bonchev–Trinajstić information content (AvgIpc) is 2.70. The Morgan fingerprint density at radius 2 is 2.00 bits per heavy atom. The number of hydrogen-bond donors (Lipinski definition) is 2.